The maximum Gasteiger partial charge on any atom is 0.339 e. The van der Waals surface area contributed by atoms with E-state index >= 15 is 0 Å². The molecule has 2 aromatic carbocycles. The van der Waals surface area contributed by atoms with Crippen molar-refractivity contribution >= 4 is 23.4 Å². The maximum absolute atomic E-state index is 11.9. The van der Waals surface area contributed by atoms with Gasteiger partial charge in [-0.1, -0.05) is 12.1 Å². The summed E-state index contributed by atoms with van der Waals surface area (Å²) in [6.45, 7) is 1.70. The van der Waals surface area contributed by atoms with Crippen LogP contribution in [0, 0.1) is 0 Å². The topological polar surface area (TPSA) is 78.3 Å². The van der Waals surface area contributed by atoms with Crippen LogP contribution in [-0.4, -0.2) is 5.97 Å². The van der Waals surface area contributed by atoms with Gasteiger partial charge in [-0.15, -0.1) is 0 Å². The molecule has 2 rings (SSSR count). The zero-order valence-electron chi connectivity index (χ0n) is 11.2. The third-order valence-electron chi connectivity index (χ3n) is 2.73. The third-order valence-corrected chi connectivity index (χ3v) is 2.73. The summed E-state index contributed by atoms with van der Waals surface area (Å²) in [5.74, 6) is 0.0702. The Morgan fingerprint density at radius 3 is 2.00 bits per heavy atom. The van der Waals surface area contributed by atoms with Crippen LogP contribution in [-0.2, 0) is 4.79 Å². The summed E-state index contributed by atoms with van der Waals surface area (Å²) in [5.41, 5.74) is 13.9. The number of esters is 1. The van der Waals surface area contributed by atoms with Crippen LogP contribution in [0.1, 0.15) is 12.5 Å². The minimum atomic E-state index is -0.397. The van der Waals surface area contributed by atoms with Gasteiger partial charge >= 0.3 is 5.97 Å². The highest BCUT2D eigenvalue weighted by molar-refractivity contribution is 5.94. The maximum atomic E-state index is 11.9. The number of ether oxygens (including phenoxy) is 1. The number of anilines is 2. The summed E-state index contributed by atoms with van der Waals surface area (Å²) in [4.78, 5) is 11.9. The minimum Gasteiger partial charge on any atom is -0.423 e. The molecule has 0 unspecified atom stereocenters. The van der Waals surface area contributed by atoms with E-state index < -0.39 is 5.97 Å². The largest absolute Gasteiger partial charge is 0.423 e. The van der Waals surface area contributed by atoms with Crippen molar-refractivity contribution in [2.24, 2.45) is 0 Å². The second-order valence-corrected chi connectivity index (χ2v) is 4.45. The Morgan fingerprint density at radius 1 is 0.950 bits per heavy atom. The second-order valence-electron chi connectivity index (χ2n) is 4.45. The molecule has 2 aromatic rings. The minimum absolute atomic E-state index is 0.397. The van der Waals surface area contributed by atoms with Crippen LogP contribution >= 0.6 is 0 Å². The number of nitrogen functional groups attached to an aromatic ring is 2. The summed E-state index contributed by atoms with van der Waals surface area (Å²) in [6, 6.07) is 13.9. The van der Waals surface area contributed by atoms with E-state index in [0.717, 1.165) is 5.56 Å². The summed E-state index contributed by atoms with van der Waals surface area (Å²) in [7, 11) is 0. The van der Waals surface area contributed by atoms with E-state index in [-0.39, 0.29) is 0 Å². The van der Waals surface area contributed by atoms with E-state index in [4.69, 9.17) is 16.2 Å². The molecule has 102 valence electrons. The Hall–Kier alpha value is -2.75. The number of benzene rings is 2. The van der Waals surface area contributed by atoms with Gasteiger partial charge in [-0.3, -0.25) is 0 Å². The fraction of sp³-hybridized carbons (Fsp3) is 0.0625. The van der Waals surface area contributed by atoms with E-state index in [9.17, 15) is 4.79 Å². The average Bonchev–Trinajstić information content (AvgIpc) is 2.44. The third kappa shape index (κ3) is 3.62. The summed E-state index contributed by atoms with van der Waals surface area (Å²) in [5, 5.41) is 0. The van der Waals surface area contributed by atoms with E-state index in [0.29, 0.717) is 22.7 Å². The van der Waals surface area contributed by atoms with Crippen molar-refractivity contribution < 1.29 is 9.53 Å². The lowest BCUT2D eigenvalue weighted by Crippen LogP contribution is -2.09. The molecule has 20 heavy (non-hydrogen) atoms. The Kier molecular flexibility index (Phi) is 4.05. The fourth-order valence-corrected chi connectivity index (χ4v) is 1.62. The lowest BCUT2D eigenvalue weighted by molar-refractivity contribution is -0.130. The van der Waals surface area contributed by atoms with Crippen molar-refractivity contribution in [3.8, 4) is 5.75 Å². The van der Waals surface area contributed by atoms with Gasteiger partial charge in [-0.2, -0.15) is 0 Å². The van der Waals surface area contributed by atoms with Crippen LogP contribution in [0.4, 0.5) is 11.4 Å². The van der Waals surface area contributed by atoms with Gasteiger partial charge in [0, 0.05) is 16.9 Å². The van der Waals surface area contributed by atoms with Gasteiger partial charge in [-0.05, 0) is 55.0 Å². The van der Waals surface area contributed by atoms with Crippen molar-refractivity contribution in [2.45, 2.75) is 6.92 Å². The van der Waals surface area contributed by atoms with Gasteiger partial charge in [-0.25, -0.2) is 4.79 Å². The molecule has 0 saturated heterocycles. The van der Waals surface area contributed by atoms with Crippen molar-refractivity contribution in [3.05, 3.63) is 59.7 Å². The van der Waals surface area contributed by atoms with Crippen molar-refractivity contribution in [1.82, 2.24) is 0 Å². The SMILES string of the molecule is C/C(=C\c1ccc(N)cc1)C(=O)Oc1ccc(N)cc1. The Bertz CT molecular complexity index is 629. The van der Waals surface area contributed by atoms with Gasteiger partial charge in [0.15, 0.2) is 0 Å². The molecule has 0 saturated carbocycles. The first-order valence-electron chi connectivity index (χ1n) is 6.16. The lowest BCUT2D eigenvalue weighted by Gasteiger charge is -2.05. The molecule has 0 spiro atoms. The van der Waals surface area contributed by atoms with Crippen molar-refractivity contribution in [2.75, 3.05) is 11.5 Å². The highest BCUT2D eigenvalue weighted by Gasteiger charge is 2.07. The molecular formula is C16H16N2O2. The first kappa shape index (κ1) is 13.7. The molecule has 0 fully saturated rings. The number of carbonyl (C=O) groups excluding carboxylic acids is 1. The summed E-state index contributed by atoms with van der Waals surface area (Å²) < 4.78 is 5.24. The fourth-order valence-electron chi connectivity index (χ4n) is 1.62. The van der Waals surface area contributed by atoms with Crippen LogP contribution in [0.25, 0.3) is 6.08 Å². The number of rotatable bonds is 3. The van der Waals surface area contributed by atoms with Crippen LogP contribution < -0.4 is 16.2 Å². The van der Waals surface area contributed by atoms with Crippen molar-refractivity contribution in [3.63, 3.8) is 0 Å². The second kappa shape index (κ2) is 5.93. The van der Waals surface area contributed by atoms with E-state index in [1.54, 1.807) is 49.4 Å². The number of hydrogen-bond acceptors (Lipinski definition) is 4. The molecule has 0 amide bonds. The molecule has 0 radical (unpaired) electrons. The molecule has 0 aliphatic carbocycles. The predicted molar refractivity (Wildman–Crippen MR) is 81.0 cm³/mol. The molecule has 0 aliphatic heterocycles. The zero-order valence-corrected chi connectivity index (χ0v) is 11.2. The normalized spacial score (nSPS) is 11.2. The number of carbonyl (C=O) groups is 1. The first-order valence-corrected chi connectivity index (χ1v) is 6.16. The van der Waals surface area contributed by atoms with Gasteiger partial charge < -0.3 is 16.2 Å². The Balaban J connectivity index is 2.08. The molecule has 4 nitrogen and oxygen atoms in total. The molecular weight excluding hydrogens is 252 g/mol. The van der Waals surface area contributed by atoms with Gasteiger partial charge in [0.2, 0.25) is 0 Å². The molecule has 0 aromatic heterocycles. The van der Waals surface area contributed by atoms with E-state index in [1.165, 1.54) is 0 Å². The quantitative estimate of drug-likeness (QED) is 0.388. The number of nitrogens with two attached hydrogens (primary N) is 2. The summed E-state index contributed by atoms with van der Waals surface area (Å²) >= 11 is 0. The Labute approximate surface area is 117 Å². The molecule has 4 N–H and O–H groups in total. The smallest absolute Gasteiger partial charge is 0.339 e. The van der Waals surface area contributed by atoms with Gasteiger partial charge in [0.05, 0.1) is 0 Å². The standard InChI is InChI=1S/C16H16N2O2/c1-11(10-12-2-4-13(17)5-3-12)16(19)20-15-8-6-14(18)7-9-15/h2-10H,17-18H2,1H3/b11-10+. The molecule has 0 heterocycles. The Morgan fingerprint density at radius 2 is 1.45 bits per heavy atom. The molecule has 0 bridgehead atoms. The molecule has 0 aliphatic rings. The van der Waals surface area contributed by atoms with E-state index in [1.807, 2.05) is 12.1 Å². The van der Waals surface area contributed by atoms with Crippen LogP contribution in [0.15, 0.2) is 54.1 Å². The average molecular weight is 268 g/mol. The highest BCUT2D eigenvalue weighted by Crippen LogP contribution is 2.16. The lowest BCUT2D eigenvalue weighted by atomic mass is 10.1. The van der Waals surface area contributed by atoms with Crippen molar-refractivity contribution in [1.29, 1.82) is 0 Å². The van der Waals surface area contributed by atoms with Crippen LogP contribution in [0.5, 0.6) is 5.75 Å². The number of hydrogen-bond donors (Lipinski definition) is 2. The van der Waals surface area contributed by atoms with Crippen LogP contribution in [0.2, 0.25) is 0 Å². The van der Waals surface area contributed by atoms with Gasteiger partial charge in [0.25, 0.3) is 0 Å². The predicted octanol–water partition coefficient (Wildman–Crippen LogP) is 2.86. The van der Waals surface area contributed by atoms with Gasteiger partial charge in [0.1, 0.15) is 5.75 Å². The summed E-state index contributed by atoms with van der Waals surface area (Å²) in [6.07, 6.45) is 1.75. The monoisotopic (exact) mass is 268 g/mol. The van der Waals surface area contributed by atoms with E-state index in [2.05, 4.69) is 0 Å². The highest BCUT2D eigenvalue weighted by atomic mass is 16.5. The molecule has 0 atom stereocenters. The van der Waals surface area contributed by atoms with Crippen LogP contribution in [0.3, 0.4) is 0 Å². The zero-order chi connectivity index (χ0) is 14.5. The molecule has 4 heteroatoms. The first-order chi connectivity index (χ1) is 9.54.